The molecule has 0 aromatic carbocycles. The Bertz CT molecular complexity index is 269. The van der Waals surface area contributed by atoms with E-state index in [2.05, 4.69) is 4.90 Å². The molecule has 1 atom stereocenters. The van der Waals surface area contributed by atoms with Crippen molar-refractivity contribution in [2.45, 2.75) is 19.4 Å². The van der Waals surface area contributed by atoms with E-state index in [9.17, 15) is 4.79 Å². The monoisotopic (exact) mass is 225 g/mol. The lowest BCUT2D eigenvalue weighted by atomic mass is 10.2. The van der Waals surface area contributed by atoms with Crippen LogP contribution < -0.4 is 0 Å². The van der Waals surface area contributed by atoms with Gasteiger partial charge < -0.3 is 9.64 Å². The van der Waals surface area contributed by atoms with E-state index in [-0.39, 0.29) is 11.9 Å². The van der Waals surface area contributed by atoms with E-state index in [0.29, 0.717) is 26.2 Å². The van der Waals surface area contributed by atoms with Crippen molar-refractivity contribution >= 4 is 5.91 Å². The number of carbonyl (C=O) groups is 1. The first-order chi connectivity index (χ1) is 7.66. The van der Waals surface area contributed by atoms with Crippen LogP contribution in [0.25, 0.3) is 0 Å². The molecule has 0 aromatic heterocycles. The number of nitriles is 1. The Morgan fingerprint density at radius 3 is 2.75 bits per heavy atom. The van der Waals surface area contributed by atoms with Gasteiger partial charge in [0.15, 0.2) is 0 Å². The maximum absolute atomic E-state index is 12.0. The molecule has 5 nitrogen and oxygen atoms in total. The topological polar surface area (TPSA) is 56.6 Å². The van der Waals surface area contributed by atoms with Crippen LogP contribution in [0.4, 0.5) is 0 Å². The van der Waals surface area contributed by atoms with E-state index >= 15 is 0 Å². The minimum atomic E-state index is -0.118. The van der Waals surface area contributed by atoms with Gasteiger partial charge in [-0.1, -0.05) is 0 Å². The van der Waals surface area contributed by atoms with Gasteiger partial charge in [0.05, 0.1) is 31.7 Å². The number of nitrogens with zero attached hydrogens (tertiary/aromatic N) is 3. The summed E-state index contributed by atoms with van der Waals surface area (Å²) in [5.74, 6) is 0.0807. The molecule has 0 N–H and O–H groups in total. The number of carbonyl (C=O) groups excluding carboxylic acids is 1. The predicted octanol–water partition coefficient (Wildman–Crippen LogP) is 0.0792. The average molecular weight is 225 g/mol. The van der Waals surface area contributed by atoms with Gasteiger partial charge in [0.2, 0.25) is 5.91 Å². The third kappa shape index (κ3) is 3.47. The van der Waals surface area contributed by atoms with Gasteiger partial charge in [0.25, 0.3) is 0 Å². The summed E-state index contributed by atoms with van der Waals surface area (Å²) in [5, 5.41) is 8.47. The zero-order valence-corrected chi connectivity index (χ0v) is 9.98. The van der Waals surface area contributed by atoms with E-state index in [4.69, 9.17) is 10.00 Å². The molecular formula is C11H19N3O2. The largest absolute Gasteiger partial charge is 0.379 e. The van der Waals surface area contributed by atoms with Crippen LogP contribution >= 0.6 is 0 Å². The van der Waals surface area contributed by atoms with Gasteiger partial charge in [0, 0.05) is 26.7 Å². The van der Waals surface area contributed by atoms with Crippen molar-refractivity contribution in [1.82, 2.24) is 9.80 Å². The van der Waals surface area contributed by atoms with Crippen LogP contribution in [-0.4, -0.2) is 61.6 Å². The quantitative estimate of drug-likeness (QED) is 0.680. The fourth-order valence-corrected chi connectivity index (χ4v) is 1.77. The second-order valence-corrected chi connectivity index (χ2v) is 3.99. The number of ether oxygens (including phenoxy) is 1. The van der Waals surface area contributed by atoms with Crippen molar-refractivity contribution in [2.24, 2.45) is 0 Å². The zero-order valence-electron chi connectivity index (χ0n) is 9.98. The third-order valence-electron chi connectivity index (χ3n) is 2.89. The first-order valence-corrected chi connectivity index (χ1v) is 5.60. The van der Waals surface area contributed by atoms with Crippen LogP contribution in [0.3, 0.4) is 0 Å². The van der Waals surface area contributed by atoms with Crippen molar-refractivity contribution < 1.29 is 9.53 Å². The molecule has 1 fully saturated rings. The zero-order chi connectivity index (χ0) is 12.0. The summed E-state index contributed by atoms with van der Waals surface area (Å²) in [6, 6.07) is 1.93. The molecule has 0 bridgehead atoms. The molecule has 1 saturated heterocycles. The van der Waals surface area contributed by atoms with E-state index in [0.717, 1.165) is 13.1 Å². The van der Waals surface area contributed by atoms with Crippen LogP contribution in [0.2, 0.25) is 0 Å². The Labute approximate surface area is 96.6 Å². The van der Waals surface area contributed by atoms with Crippen molar-refractivity contribution in [2.75, 3.05) is 39.9 Å². The van der Waals surface area contributed by atoms with Gasteiger partial charge in [-0.3, -0.25) is 9.69 Å². The van der Waals surface area contributed by atoms with Crippen molar-refractivity contribution in [3.8, 4) is 6.07 Å². The first-order valence-electron chi connectivity index (χ1n) is 5.60. The number of hydrogen-bond donors (Lipinski definition) is 0. The van der Waals surface area contributed by atoms with Crippen molar-refractivity contribution in [3.05, 3.63) is 0 Å². The molecule has 0 spiro atoms. The number of likely N-dealkylation sites (N-methyl/N-ethyl adjacent to an activating group) is 1. The van der Waals surface area contributed by atoms with Crippen LogP contribution in [0.1, 0.15) is 13.3 Å². The first kappa shape index (κ1) is 12.9. The van der Waals surface area contributed by atoms with E-state index in [1.54, 1.807) is 11.9 Å². The highest BCUT2D eigenvalue weighted by Crippen LogP contribution is 2.06. The number of amides is 1. The molecular weight excluding hydrogens is 206 g/mol. The molecule has 1 aliphatic heterocycles. The fourth-order valence-electron chi connectivity index (χ4n) is 1.77. The Balaban J connectivity index is 2.42. The number of rotatable bonds is 4. The predicted molar refractivity (Wildman–Crippen MR) is 59.7 cm³/mol. The van der Waals surface area contributed by atoms with E-state index < -0.39 is 0 Å². The van der Waals surface area contributed by atoms with Gasteiger partial charge in [-0.15, -0.1) is 0 Å². The van der Waals surface area contributed by atoms with Crippen LogP contribution in [0.5, 0.6) is 0 Å². The van der Waals surface area contributed by atoms with E-state index in [1.807, 2.05) is 13.0 Å². The van der Waals surface area contributed by atoms with Gasteiger partial charge in [-0.25, -0.2) is 0 Å². The SMILES string of the molecule is CC(C(=O)N(C)CCC#N)N1CCOCC1. The second kappa shape index (κ2) is 6.46. The molecule has 5 heteroatoms. The summed E-state index contributed by atoms with van der Waals surface area (Å²) in [6.45, 7) is 5.41. The lowest BCUT2D eigenvalue weighted by Crippen LogP contribution is -2.50. The minimum absolute atomic E-state index is 0.0807. The van der Waals surface area contributed by atoms with Crippen LogP contribution in [-0.2, 0) is 9.53 Å². The fraction of sp³-hybridized carbons (Fsp3) is 0.818. The molecule has 0 saturated carbocycles. The molecule has 1 unspecified atom stereocenters. The van der Waals surface area contributed by atoms with Crippen LogP contribution in [0.15, 0.2) is 0 Å². The maximum Gasteiger partial charge on any atom is 0.239 e. The molecule has 1 heterocycles. The molecule has 0 radical (unpaired) electrons. The summed E-state index contributed by atoms with van der Waals surface area (Å²) in [6.07, 6.45) is 0.387. The summed E-state index contributed by atoms with van der Waals surface area (Å²) >= 11 is 0. The van der Waals surface area contributed by atoms with Gasteiger partial charge >= 0.3 is 0 Å². The number of hydrogen-bond acceptors (Lipinski definition) is 4. The Hall–Kier alpha value is -1.12. The minimum Gasteiger partial charge on any atom is -0.379 e. The van der Waals surface area contributed by atoms with E-state index in [1.165, 1.54) is 0 Å². The molecule has 1 amide bonds. The second-order valence-electron chi connectivity index (χ2n) is 3.99. The van der Waals surface area contributed by atoms with Gasteiger partial charge in [-0.05, 0) is 6.92 Å². The van der Waals surface area contributed by atoms with Gasteiger partial charge in [-0.2, -0.15) is 5.26 Å². The van der Waals surface area contributed by atoms with Crippen molar-refractivity contribution in [1.29, 1.82) is 5.26 Å². The standard InChI is InChI=1S/C11H19N3O2/c1-10(14-6-8-16-9-7-14)11(15)13(2)5-3-4-12/h10H,3,5-9H2,1-2H3. The Morgan fingerprint density at radius 2 is 2.19 bits per heavy atom. The summed E-state index contributed by atoms with van der Waals surface area (Å²) in [4.78, 5) is 15.7. The molecule has 0 aliphatic carbocycles. The molecule has 1 aliphatic rings. The lowest BCUT2D eigenvalue weighted by Gasteiger charge is -2.33. The molecule has 16 heavy (non-hydrogen) atoms. The average Bonchev–Trinajstić information content (AvgIpc) is 2.35. The maximum atomic E-state index is 12.0. The summed E-state index contributed by atoms with van der Waals surface area (Å²) < 4.78 is 5.25. The molecule has 1 rings (SSSR count). The van der Waals surface area contributed by atoms with Crippen LogP contribution in [0, 0.1) is 11.3 Å². The number of morpholine rings is 1. The Kier molecular flexibility index (Phi) is 5.23. The lowest BCUT2D eigenvalue weighted by molar-refractivity contribution is -0.136. The molecule has 0 aromatic rings. The summed E-state index contributed by atoms with van der Waals surface area (Å²) in [7, 11) is 1.75. The van der Waals surface area contributed by atoms with Crippen molar-refractivity contribution in [3.63, 3.8) is 0 Å². The highest BCUT2D eigenvalue weighted by molar-refractivity contribution is 5.81. The highest BCUT2D eigenvalue weighted by Gasteiger charge is 2.25. The molecule has 90 valence electrons. The third-order valence-corrected chi connectivity index (χ3v) is 2.89. The highest BCUT2D eigenvalue weighted by atomic mass is 16.5. The smallest absolute Gasteiger partial charge is 0.239 e. The summed E-state index contributed by atoms with van der Waals surface area (Å²) in [5.41, 5.74) is 0. The Morgan fingerprint density at radius 1 is 1.56 bits per heavy atom. The van der Waals surface area contributed by atoms with Gasteiger partial charge in [0.1, 0.15) is 0 Å². The normalized spacial score (nSPS) is 18.8.